The van der Waals surface area contributed by atoms with Gasteiger partial charge in [-0.25, -0.2) is 0 Å². The van der Waals surface area contributed by atoms with Crippen LogP contribution in [-0.2, 0) is 6.54 Å². The predicted octanol–water partition coefficient (Wildman–Crippen LogP) is 3.88. The maximum Gasteiger partial charge on any atom is 0.0545 e. The van der Waals surface area contributed by atoms with Gasteiger partial charge < -0.3 is 5.32 Å². The van der Waals surface area contributed by atoms with E-state index in [1.54, 1.807) is 0 Å². The molecular weight excluding hydrogens is 232 g/mol. The van der Waals surface area contributed by atoms with E-state index in [0.717, 1.165) is 23.5 Å². The van der Waals surface area contributed by atoms with Gasteiger partial charge in [0, 0.05) is 18.3 Å². The molecule has 0 aliphatic carbocycles. The lowest BCUT2D eigenvalue weighted by Gasteiger charge is -2.14. The summed E-state index contributed by atoms with van der Waals surface area (Å²) in [5.74, 6) is 0. The highest BCUT2D eigenvalue weighted by Crippen LogP contribution is 2.14. The van der Waals surface area contributed by atoms with Crippen LogP contribution in [0.25, 0.3) is 6.08 Å². The van der Waals surface area contributed by atoms with E-state index in [0.29, 0.717) is 6.04 Å². The number of benzene rings is 1. The second-order valence-corrected chi connectivity index (χ2v) is 4.74. The number of aryl methyl sites for hydroxylation is 1. The maximum absolute atomic E-state index is 4.49. The lowest BCUT2D eigenvalue weighted by Crippen LogP contribution is -2.18. The van der Waals surface area contributed by atoms with Gasteiger partial charge in [0.05, 0.1) is 5.69 Å². The molecule has 0 saturated carbocycles. The molecule has 0 aliphatic heterocycles. The fourth-order valence-corrected chi connectivity index (χ4v) is 1.99. The Morgan fingerprint density at radius 3 is 2.58 bits per heavy atom. The molecule has 1 aromatic carbocycles. The standard InChI is InChI=1S/C17H20N2/c1-4-15-8-10-16(11-9-15)14(3)18-12-17-7-5-6-13(2)19-17/h4-11,14,18H,1,12H2,2-3H3/t14-/m1/s1. The third kappa shape index (κ3) is 3.76. The first-order valence-corrected chi connectivity index (χ1v) is 6.57. The summed E-state index contributed by atoms with van der Waals surface area (Å²) in [6, 6.07) is 14.9. The van der Waals surface area contributed by atoms with E-state index in [1.807, 2.05) is 31.2 Å². The molecule has 2 nitrogen and oxygen atoms in total. The second kappa shape index (κ2) is 6.30. The first kappa shape index (κ1) is 13.5. The molecule has 2 heteroatoms. The van der Waals surface area contributed by atoms with Crippen LogP contribution in [0, 0.1) is 6.92 Å². The monoisotopic (exact) mass is 252 g/mol. The van der Waals surface area contributed by atoms with Crippen LogP contribution in [0.5, 0.6) is 0 Å². The third-order valence-electron chi connectivity index (χ3n) is 3.21. The molecule has 1 atom stereocenters. The van der Waals surface area contributed by atoms with E-state index in [1.165, 1.54) is 5.56 Å². The van der Waals surface area contributed by atoms with Gasteiger partial charge in [0.2, 0.25) is 0 Å². The van der Waals surface area contributed by atoms with Crippen molar-refractivity contribution in [2.24, 2.45) is 0 Å². The molecule has 0 saturated heterocycles. The van der Waals surface area contributed by atoms with Crippen LogP contribution in [0.3, 0.4) is 0 Å². The smallest absolute Gasteiger partial charge is 0.0545 e. The number of hydrogen-bond acceptors (Lipinski definition) is 2. The first-order valence-electron chi connectivity index (χ1n) is 6.57. The topological polar surface area (TPSA) is 24.9 Å². The van der Waals surface area contributed by atoms with Crippen LogP contribution >= 0.6 is 0 Å². The number of pyridine rings is 1. The third-order valence-corrected chi connectivity index (χ3v) is 3.21. The van der Waals surface area contributed by atoms with Gasteiger partial charge in [-0.1, -0.05) is 43.0 Å². The highest BCUT2D eigenvalue weighted by Gasteiger charge is 2.05. The largest absolute Gasteiger partial charge is 0.305 e. The van der Waals surface area contributed by atoms with Crippen molar-refractivity contribution >= 4 is 6.08 Å². The molecular formula is C17H20N2. The van der Waals surface area contributed by atoms with E-state index in [9.17, 15) is 0 Å². The quantitative estimate of drug-likeness (QED) is 0.873. The van der Waals surface area contributed by atoms with Gasteiger partial charge in [-0.3, -0.25) is 4.98 Å². The summed E-state index contributed by atoms with van der Waals surface area (Å²) in [6.07, 6.45) is 1.86. The van der Waals surface area contributed by atoms with E-state index in [-0.39, 0.29) is 0 Å². The zero-order chi connectivity index (χ0) is 13.7. The fourth-order valence-electron chi connectivity index (χ4n) is 1.99. The van der Waals surface area contributed by atoms with E-state index < -0.39 is 0 Å². The fraction of sp³-hybridized carbons (Fsp3) is 0.235. The summed E-state index contributed by atoms with van der Waals surface area (Å²) in [5.41, 5.74) is 4.56. The van der Waals surface area contributed by atoms with Crippen LogP contribution in [0.2, 0.25) is 0 Å². The number of nitrogens with one attached hydrogen (secondary N) is 1. The van der Waals surface area contributed by atoms with Gasteiger partial charge in [-0.2, -0.15) is 0 Å². The summed E-state index contributed by atoms with van der Waals surface area (Å²) >= 11 is 0. The van der Waals surface area contributed by atoms with Crippen LogP contribution < -0.4 is 5.32 Å². The Kier molecular flexibility index (Phi) is 4.48. The first-order chi connectivity index (χ1) is 9.19. The van der Waals surface area contributed by atoms with Gasteiger partial charge in [-0.15, -0.1) is 0 Å². The minimum Gasteiger partial charge on any atom is -0.305 e. The van der Waals surface area contributed by atoms with Crippen molar-refractivity contribution in [3.05, 3.63) is 71.6 Å². The second-order valence-electron chi connectivity index (χ2n) is 4.74. The van der Waals surface area contributed by atoms with Crippen LogP contribution in [0.4, 0.5) is 0 Å². The molecule has 0 bridgehead atoms. The number of aromatic nitrogens is 1. The molecule has 1 N–H and O–H groups in total. The Morgan fingerprint density at radius 1 is 1.21 bits per heavy atom. The minimum atomic E-state index is 0.307. The lowest BCUT2D eigenvalue weighted by molar-refractivity contribution is 0.567. The van der Waals surface area contributed by atoms with Crippen molar-refractivity contribution < 1.29 is 0 Å². The molecule has 19 heavy (non-hydrogen) atoms. The molecule has 98 valence electrons. The van der Waals surface area contributed by atoms with E-state index >= 15 is 0 Å². The summed E-state index contributed by atoms with van der Waals surface area (Å²) in [4.78, 5) is 4.49. The summed E-state index contributed by atoms with van der Waals surface area (Å²) in [6.45, 7) is 8.73. The normalized spacial score (nSPS) is 12.1. The molecule has 2 rings (SSSR count). The Morgan fingerprint density at radius 2 is 1.95 bits per heavy atom. The van der Waals surface area contributed by atoms with Crippen molar-refractivity contribution in [1.29, 1.82) is 0 Å². The molecule has 1 aromatic heterocycles. The molecule has 0 radical (unpaired) electrons. The van der Waals surface area contributed by atoms with Crippen molar-refractivity contribution in [3.8, 4) is 0 Å². The summed E-state index contributed by atoms with van der Waals surface area (Å²) in [7, 11) is 0. The Bertz CT molecular complexity index is 543. The molecule has 0 amide bonds. The van der Waals surface area contributed by atoms with Crippen LogP contribution in [0.1, 0.15) is 35.5 Å². The zero-order valence-electron chi connectivity index (χ0n) is 11.6. The molecule has 2 aromatic rings. The number of nitrogens with zero attached hydrogens (tertiary/aromatic N) is 1. The Labute approximate surface area is 115 Å². The zero-order valence-corrected chi connectivity index (χ0v) is 11.6. The highest BCUT2D eigenvalue weighted by molar-refractivity contribution is 5.47. The van der Waals surface area contributed by atoms with Gasteiger partial charge in [-0.05, 0) is 37.1 Å². The maximum atomic E-state index is 4.49. The Hall–Kier alpha value is -1.93. The molecule has 0 fully saturated rings. The van der Waals surface area contributed by atoms with Gasteiger partial charge in [0.15, 0.2) is 0 Å². The van der Waals surface area contributed by atoms with Gasteiger partial charge in [0.1, 0.15) is 0 Å². The number of rotatable bonds is 5. The average Bonchev–Trinajstić information content (AvgIpc) is 2.45. The van der Waals surface area contributed by atoms with Crippen molar-refractivity contribution in [2.75, 3.05) is 0 Å². The van der Waals surface area contributed by atoms with Gasteiger partial charge in [0.25, 0.3) is 0 Å². The van der Waals surface area contributed by atoms with E-state index in [4.69, 9.17) is 0 Å². The Balaban J connectivity index is 1.96. The van der Waals surface area contributed by atoms with Crippen molar-refractivity contribution in [3.63, 3.8) is 0 Å². The summed E-state index contributed by atoms with van der Waals surface area (Å²) < 4.78 is 0. The minimum absolute atomic E-state index is 0.307. The van der Waals surface area contributed by atoms with Crippen LogP contribution in [0.15, 0.2) is 49.0 Å². The molecule has 0 unspecified atom stereocenters. The van der Waals surface area contributed by atoms with Crippen molar-refractivity contribution in [2.45, 2.75) is 26.4 Å². The average molecular weight is 252 g/mol. The van der Waals surface area contributed by atoms with Crippen molar-refractivity contribution in [1.82, 2.24) is 10.3 Å². The van der Waals surface area contributed by atoms with E-state index in [2.05, 4.69) is 48.1 Å². The van der Waals surface area contributed by atoms with Crippen LogP contribution in [-0.4, -0.2) is 4.98 Å². The predicted molar refractivity (Wildman–Crippen MR) is 80.8 cm³/mol. The number of hydrogen-bond donors (Lipinski definition) is 1. The van der Waals surface area contributed by atoms with Gasteiger partial charge >= 0.3 is 0 Å². The molecule has 0 aliphatic rings. The molecule has 0 spiro atoms. The lowest BCUT2D eigenvalue weighted by atomic mass is 10.1. The molecule has 1 heterocycles. The highest BCUT2D eigenvalue weighted by atomic mass is 14.9. The SMILES string of the molecule is C=Cc1ccc([C@@H](C)NCc2cccc(C)n2)cc1. The summed E-state index contributed by atoms with van der Waals surface area (Å²) in [5, 5.41) is 3.49.